The van der Waals surface area contributed by atoms with Crippen molar-refractivity contribution < 1.29 is 19.2 Å². The number of aromatic amines is 1. The Bertz CT molecular complexity index is 1240. The standard InChI is InChI=1S/C21H17N5O5/c22-11-16-15-9-18-19(31-12-30-18)10-17(15)23-20(16)21(27)25-7-5-24(6-8-25)13-1-3-14(4-2-13)26(28)29/h1-4,9-10,23H,5-8,12H2. The van der Waals surface area contributed by atoms with Gasteiger partial charge in [0, 0.05) is 55.5 Å². The predicted octanol–water partition coefficient (Wildman–Crippen LogP) is 2.64. The van der Waals surface area contributed by atoms with E-state index in [0.717, 1.165) is 5.69 Å². The second-order valence-corrected chi connectivity index (χ2v) is 7.29. The van der Waals surface area contributed by atoms with Crippen molar-refractivity contribution in [3.63, 3.8) is 0 Å². The van der Waals surface area contributed by atoms with Gasteiger partial charge < -0.3 is 24.3 Å². The maximum Gasteiger partial charge on any atom is 0.271 e. The molecule has 3 aromatic rings. The van der Waals surface area contributed by atoms with Crippen LogP contribution in [-0.2, 0) is 0 Å². The van der Waals surface area contributed by atoms with Crippen LogP contribution in [0, 0.1) is 21.4 Å². The van der Waals surface area contributed by atoms with E-state index in [-0.39, 0.29) is 29.6 Å². The molecule has 1 fully saturated rings. The van der Waals surface area contributed by atoms with E-state index in [1.807, 2.05) is 0 Å². The molecule has 0 bridgehead atoms. The molecule has 0 unspecified atom stereocenters. The highest BCUT2D eigenvalue weighted by Crippen LogP contribution is 2.38. The minimum absolute atomic E-state index is 0.0437. The summed E-state index contributed by atoms with van der Waals surface area (Å²) >= 11 is 0. The van der Waals surface area contributed by atoms with Crippen LogP contribution in [0.25, 0.3) is 10.9 Å². The topological polar surface area (TPSA) is 125 Å². The summed E-state index contributed by atoms with van der Waals surface area (Å²) in [4.78, 5) is 30.4. The number of hydrogen-bond acceptors (Lipinski definition) is 7. The van der Waals surface area contributed by atoms with Gasteiger partial charge in [0.15, 0.2) is 11.5 Å². The Balaban J connectivity index is 1.34. The summed E-state index contributed by atoms with van der Waals surface area (Å²) in [5.74, 6) is 0.894. The molecule has 1 N–H and O–H groups in total. The van der Waals surface area contributed by atoms with Gasteiger partial charge in [-0.2, -0.15) is 5.26 Å². The highest BCUT2D eigenvalue weighted by atomic mass is 16.7. The highest BCUT2D eigenvalue weighted by molar-refractivity contribution is 6.03. The molecule has 5 rings (SSSR count). The molecular weight excluding hydrogens is 402 g/mol. The number of aromatic nitrogens is 1. The van der Waals surface area contributed by atoms with Crippen molar-refractivity contribution >= 4 is 28.2 Å². The number of rotatable bonds is 3. The van der Waals surface area contributed by atoms with Gasteiger partial charge >= 0.3 is 0 Å². The van der Waals surface area contributed by atoms with E-state index in [0.29, 0.717) is 48.6 Å². The third-order valence-corrected chi connectivity index (χ3v) is 5.61. The number of fused-ring (bicyclic) bond motifs is 2. The molecule has 0 atom stereocenters. The summed E-state index contributed by atoms with van der Waals surface area (Å²) in [5, 5.41) is 21.1. The first-order valence-corrected chi connectivity index (χ1v) is 9.69. The minimum atomic E-state index is -0.430. The number of piperazine rings is 1. The fourth-order valence-electron chi connectivity index (χ4n) is 3.97. The lowest BCUT2D eigenvalue weighted by Crippen LogP contribution is -2.49. The minimum Gasteiger partial charge on any atom is -0.454 e. The molecule has 1 saturated heterocycles. The zero-order chi connectivity index (χ0) is 21.5. The number of H-pyrrole nitrogens is 1. The number of carbonyl (C=O) groups is 1. The first-order chi connectivity index (χ1) is 15.0. The summed E-state index contributed by atoms with van der Waals surface area (Å²) in [6.45, 7) is 2.25. The fraction of sp³-hybridized carbons (Fsp3) is 0.238. The number of benzene rings is 2. The Hall–Kier alpha value is -4.26. The van der Waals surface area contributed by atoms with Crippen LogP contribution in [0.4, 0.5) is 11.4 Å². The number of ether oxygens (including phenoxy) is 2. The zero-order valence-corrected chi connectivity index (χ0v) is 16.3. The normalized spacial score (nSPS) is 15.2. The molecule has 0 aliphatic carbocycles. The molecular formula is C21H17N5O5. The summed E-state index contributed by atoms with van der Waals surface area (Å²) < 4.78 is 10.8. The molecule has 1 amide bonds. The smallest absolute Gasteiger partial charge is 0.271 e. The molecule has 0 saturated carbocycles. The van der Waals surface area contributed by atoms with Crippen molar-refractivity contribution in [3.8, 4) is 17.6 Å². The lowest BCUT2D eigenvalue weighted by molar-refractivity contribution is -0.384. The third-order valence-electron chi connectivity index (χ3n) is 5.61. The summed E-state index contributed by atoms with van der Waals surface area (Å²) in [6.07, 6.45) is 0. The molecule has 1 aromatic heterocycles. The quantitative estimate of drug-likeness (QED) is 0.511. The second kappa shape index (κ2) is 7.21. The molecule has 2 aliphatic rings. The Morgan fingerprint density at radius 3 is 2.42 bits per heavy atom. The van der Waals surface area contributed by atoms with Crippen molar-refractivity contribution in [3.05, 3.63) is 57.8 Å². The van der Waals surface area contributed by atoms with E-state index in [4.69, 9.17) is 9.47 Å². The summed E-state index contributed by atoms with van der Waals surface area (Å²) in [7, 11) is 0. The lowest BCUT2D eigenvalue weighted by atomic mass is 10.1. The molecule has 10 nitrogen and oxygen atoms in total. The van der Waals surface area contributed by atoms with Gasteiger partial charge in [0.25, 0.3) is 11.6 Å². The van der Waals surface area contributed by atoms with Crippen LogP contribution in [0.3, 0.4) is 0 Å². The Morgan fingerprint density at radius 2 is 1.77 bits per heavy atom. The van der Waals surface area contributed by atoms with E-state index >= 15 is 0 Å². The Morgan fingerprint density at radius 1 is 1.10 bits per heavy atom. The van der Waals surface area contributed by atoms with E-state index in [1.165, 1.54) is 12.1 Å². The Kier molecular flexibility index (Phi) is 4.36. The van der Waals surface area contributed by atoms with Crippen LogP contribution < -0.4 is 14.4 Å². The van der Waals surface area contributed by atoms with E-state index < -0.39 is 4.92 Å². The monoisotopic (exact) mass is 419 g/mol. The van der Waals surface area contributed by atoms with Crippen LogP contribution >= 0.6 is 0 Å². The maximum atomic E-state index is 13.2. The number of nitro groups is 1. The molecule has 0 spiro atoms. The summed E-state index contributed by atoms with van der Waals surface area (Å²) in [5.41, 5.74) is 2.10. The summed E-state index contributed by atoms with van der Waals surface area (Å²) in [6, 6.07) is 12.0. The Labute approximate surface area is 176 Å². The van der Waals surface area contributed by atoms with E-state index in [2.05, 4.69) is 16.0 Å². The van der Waals surface area contributed by atoms with Crippen molar-refractivity contribution in [1.82, 2.24) is 9.88 Å². The number of anilines is 1. The van der Waals surface area contributed by atoms with Gasteiger partial charge in [0.1, 0.15) is 11.8 Å². The van der Waals surface area contributed by atoms with Gasteiger partial charge in [-0.25, -0.2) is 0 Å². The van der Waals surface area contributed by atoms with Crippen molar-refractivity contribution in [2.45, 2.75) is 0 Å². The highest BCUT2D eigenvalue weighted by Gasteiger charge is 2.28. The molecule has 10 heteroatoms. The van der Waals surface area contributed by atoms with Crippen LogP contribution in [-0.4, -0.2) is 53.7 Å². The second-order valence-electron chi connectivity index (χ2n) is 7.29. The zero-order valence-electron chi connectivity index (χ0n) is 16.3. The number of non-ortho nitro benzene ring substituents is 1. The first-order valence-electron chi connectivity index (χ1n) is 9.69. The average Bonchev–Trinajstić information content (AvgIpc) is 3.40. The van der Waals surface area contributed by atoms with Crippen molar-refractivity contribution in [2.75, 3.05) is 37.9 Å². The molecule has 156 valence electrons. The number of nitriles is 1. The van der Waals surface area contributed by atoms with Gasteiger partial charge in [-0.3, -0.25) is 14.9 Å². The predicted molar refractivity (Wildman–Crippen MR) is 110 cm³/mol. The van der Waals surface area contributed by atoms with Crippen LogP contribution in [0.2, 0.25) is 0 Å². The van der Waals surface area contributed by atoms with Gasteiger partial charge in [0.05, 0.1) is 16.0 Å². The van der Waals surface area contributed by atoms with Crippen LogP contribution in [0.5, 0.6) is 11.5 Å². The van der Waals surface area contributed by atoms with Crippen LogP contribution in [0.1, 0.15) is 16.1 Å². The van der Waals surface area contributed by atoms with Gasteiger partial charge in [0.2, 0.25) is 6.79 Å². The first kappa shape index (κ1) is 18.7. The molecule has 31 heavy (non-hydrogen) atoms. The number of hydrogen-bond donors (Lipinski definition) is 1. The number of amides is 1. The lowest BCUT2D eigenvalue weighted by Gasteiger charge is -2.36. The average molecular weight is 419 g/mol. The molecule has 3 heterocycles. The van der Waals surface area contributed by atoms with E-state index in [1.54, 1.807) is 29.2 Å². The van der Waals surface area contributed by atoms with Crippen molar-refractivity contribution in [2.24, 2.45) is 0 Å². The fourth-order valence-corrected chi connectivity index (χ4v) is 3.97. The number of nitro benzene ring substituents is 1. The van der Waals surface area contributed by atoms with E-state index in [9.17, 15) is 20.2 Å². The largest absolute Gasteiger partial charge is 0.454 e. The van der Waals surface area contributed by atoms with Gasteiger partial charge in [-0.15, -0.1) is 0 Å². The number of nitrogens with zero attached hydrogens (tertiary/aromatic N) is 4. The SMILES string of the molecule is N#Cc1c(C(=O)N2CCN(c3ccc([N+](=O)[O-])cc3)CC2)[nH]c2cc3c(cc12)OCO3. The van der Waals surface area contributed by atoms with Crippen molar-refractivity contribution in [1.29, 1.82) is 5.26 Å². The van der Waals surface area contributed by atoms with Crippen LogP contribution in [0.15, 0.2) is 36.4 Å². The molecule has 2 aliphatic heterocycles. The number of carbonyl (C=O) groups excluding carboxylic acids is 1. The molecule has 2 aromatic carbocycles. The number of nitrogens with one attached hydrogen (secondary N) is 1. The third kappa shape index (κ3) is 3.16. The maximum absolute atomic E-state index is 13.2. The van der Waals surface area contributed by atoms with Gasteiger partial charge in [-0.1, -0.05) is 0 Å². The van der Waals surface area contributed by atoms with Gasteiger partial charge in [-0.05, 0) is 18.2 Å². The molecule has 0 radical (unpaired) electrons.